The zero-order valence-corrected chi connectivity index (χ0v) is 20.3. The van der Waals surface area contributed by atoms with Crippen molar-refractivity contribution in [3.8, 4) is 11.1 Å². The lowest BCUT2D eigenvalue weighted by atomic mass is 10.00. The standard InChI is InChI=1S/C28H32N4O2/c1-5-32(6-2)15-14-31(4)28(34)26-16-19(3)24(29-26)18-23-22-13-12-21(17-25(22)30-27(23)33)20-10-8-7-9-11-20/h7-13,16-18,29H,5-6,14-15H2,1-4H3,(H,30,33)/b23-18-. The molecule has 0 spiro atoms. The normalized spacial score (nSPS) is 13.9. The summed E-state index contributed by atoms with van der Waals surface area (Å²) < 4.78 is 0. The van der Waals surface area contributed by atoms with Gasteiger partial charge in [0.2, 0.25) is 0 Å². The van der Waals surface area contributed by atoms with E-state index in [1.54, 1.807) is 4.90 Å². The highest BCUT2D eigenvalue weighted by Crippen LogP contribution is 2.36. The molecule has 1 aliphatic heterocycles. The second-order valence-corrected chi connectivity index (χ2v) is 8.67. The molecule has 0 radical (unpaired) electrons. The van der Waals surface area contributed by atoms with Crippen molar-refractivity contribution in [2.24, 2.45) is 0 Å². The molecule has 2 heterocycles. The highest BCUT2D eigenvalue weighted by molar-refractivity contribution is 6.35. The number of likely N-dealkylation sites (N-methyl/N-ethyl adjacent to an activating group) is 2. The van der Waals surface area contributed by atoms with Crippen LogP contribution in [0.4, 0.5) is 5.69 Å². The highest BCUT2D eigenvalue weighted by Gasteiger charge is 2.25. The molecule has 2 N–H and O–H groups in total. The average molecular weight is 457 g/mol. The molecule has 0 unspecified atom stereocenters. The van der Waals surface area contributed by atoms with Gasteiger partial charge in [-0.2, -0.15) is 0 Å². The van der Waals surface area contributed by atoms with E-state index in [4.69, 9.17) is 0 Å². The number of H-pyrrole nitrogens is 1. The fourth-order valence-electron chi connectivity index (χ4n) is 4.27. The van der Waals surface area contributed by atoms with Crippen LogP contribution in [0.2, 0.25) is 0 Å². The van der Waals surface area contributed by atoms with Crippen LogP contribution in [-0.2, 0) is 4.79 Å². The highest BCUT2D eigenvalue weighted by atomic mass is 16.2. The number of carbonyl (C=O) groups excluding carboxylic acids is 2. The third-order valence-electron chi connectivity index (χ3n) is 6.48. The molecule has 0 aliphatic carbocycles. The van der Waals surface area contributed by atoms with Gasteiger partial charge in [0.25, 0.3) is 11.8 Å². The quantitative estimate of drug-likeness (QED) is 0.474. The first-order chi connectivity index (χ1) is 16.4. The number of aromatic nitrogens is 1. The molecule has 0 atom stereocenters. The Balaban J connectivity index is 1.55. The van der Waals surface area contributed by atoms with Crippen molar-refractivity contribution in [3.05, 3.63) is 77.1 Å². The minimum Gasteiger partial charge on any atom is -0.351 e. The Labute approximate surface area is 201 Å². The van der Waals surface area contributed by atoms with E-state index in [0.717, 1.165) is 53.3 Å². The number of hydrogen-bond donors (Lipinski definition) is 2. The molecule has 1 aliphatic rings. The summed E-state index contributed by atoms with van der Waals surface area (Å²) in [5, 5.41) is 2.98. The van der Waals surface area contributed by atoms with Crippen molar-refractivity contribution in [3.63, 3.8) is 0 Å². The second-order valence-electron chi connectivity index (χ2n) is 8.67. The molecule has 2 amide bonds. The largest absolute Gasteiger partial charge is 0.351 e. The molecule has 3 aromatic rings. The van der Waals surface area contributed by atoms with Gasteiger partial charge in [-0.05, 0) is 54.9 Å². The van der Waals surface area contributed by atoms with Crippen molar-refractivity contribution >= 4 is 29.2 Å². The molecule has 6 heteroatoms. The van der Waals surface area contributed by atoms with E-state index in [1.165, 1.54) is 0 Å². The number of carbonyl (C=O) groups is 2. The van der Waals surface area contributed by atoms with Gasteiger partial charge in [-0.1, -0.05) is 56.3 Å². The summed E-state index contributed by atoms with van der Waals surface area (Å²) in [4.78, 5) is 33.0. The number of aryl methyl sites for hydroxylation is 1. The smallest absolute Gasteiger partial charge is 0.270 e. The molecule has 1 aromatic heterocycles. The molecular weight excluding hydrogens is 424 g/mol. The van der Waals surface area contributed by atoms with E-state index in [-0.39, 0.29) is 11.8 Å². The van der Waals surface area contributed by atoms with Crippen molar-refractivity contribution in [1.29, 1.82) is 0 Å². The molecule has 0 saturated heterocycles. The second kappa shape index (κ2) is 10.1. The van der Waals surface area contributed by atoms with E-state index >= 15 is 0 Å². The summed E-state index contributed by atoms with van der Waals surface area (Å²) in [6.07, 6.45) is 1.84. The maximum atomic E-state index is 12.9. The fraction of sp³-hybridized carbons (Fsp3) is 0.286. The summed E-state index contributed by atoms with van der Waals surface area (Å²) in [7, 11) is 1.82. The molecule has 0 fully saturated rings. The molecular formula is C28H32N4O2. The van der Waals surface area contributed by atoms with Gasteiger partial charge >= 0.3 is 0 Å². The Morgan fingerprint density at radius 2 is 1.71 bits per heavy atom. The number of nitrogens with zero attached hydrogens (tertiary/aromatic N) is 2. The Kier molecular flexibility index (Phi) is 6.98. The number of aromatic amines is 1. The first-order valence-electron chi connectivity index (χ1n) is 11.8. The van der Waals surface area contributed by atoms with Crippen molar-refractivity contribution < 1.29 is 9.59 Å². The van der Waals surface area contributed by atoms with Gasteiger partial charge < -0.3 is 20.1 Å². The minimum atomic E-state index is -0.140. The molecule has 34 heavy (non-hydrogen) atoms. The lowest BCUT2D eigenvalue weighted by Gasteiger charge is -2.22. The van der Waals surface area contributed by atoms with Crippen LogP contribution in [-0.4, -0.2) is 59.8 Å². The molecule has 6 nitrogen and oxygen atoms in total. The summed E-state index contributed by atoms with van der Waals surface area (Å²) >= 11 is 0. The maximum Gasteiger partial charge on any atom is 0.270 e. The van der Waals surface area contributed by atoms with Gasteiger partial charge in [-0.25, -0.2) is 0 Å². The van der Waals surface area contributed by atoms with Gasteiger partial charge in [-0.15, -0.1) is 0 Å². The maximum absolute atomic E-state index is 12.9. The van der Waals surface area contributed by atoms with Crippen LogP contribution in [0.25, 0.3) is 22.8 Å². The average Bonchev–Trinajstić information content (AvgIpc) is 3.38. The number of rotatable bonds is 8. The van der Waals surface area contributed by atoms with E-state index in [1.807, 2.05) is 62.5 Å². The van der Waals surface area contributed by atoms with Gasteiger partial charge in [0.1, 0.15) is 5.69 Å². The van der Waals surface area contributed by atoms with E-state index in [9.17, 15) is 9.59 Å². The van der Waals surface area contributed by atoms with Crippen molar-refractivity contribution in [1.82, 2.24) is 14.8 Å². The Morgan fingerprint density at radius 1 is 0.971 bits per heavy atom. The van der Waals surface area contributed by atoms with Crippen molar-refractivity contribution in [2.75, 3.05) is 38.5 Å². The summed E-state index contributed by atoms with van der Waals surface area (Å²) in [5.74, 6) is -0.192. The zero-order valence-electron chi connectivity index (χ0n) is 20.3. The first-order valence-corrected chi connectivity index (χ1v) is 11.8. The fourth-order valence-corrected chi connectivity index (χ4v) is 4.27. The third kappa shape index (κ3) is 4.82. The minimum absolute atomic E-state index is 0.0521. The zero-order chi connectivity index (χ0) is 24.2. The predicted octanol–water partition coefficient (Wildman–Crippen LogP) is 4.90. The summed E-state index contributed by atoms with van der Waals surface area (Å²) in [6.45, 7) is 9.63. The lowest BCUT2D eigenvalue weighted by molar-refractivity contribution is -0.110. The van der Waals surface area contributed by atoms with Crippen LogP contribution in [0.3, 0.4) is 0 Å². The Hall–Kier alpha value is -3.64. The van der Waals surface area contributed by atoms with Crippen LogP contribution >= 0.6 is 0 Å². The third-order valence-corrected chi connectivity index (χ3v) is 6.48. The molecule has 2 aromatic carbocycles. The van der Waals surface area contributed by atoms with Crippen LogP contribution < -0.4 is 5.32 Å². The van der Waals surface area contributed by atoms with Gasteiger partial charge in [0.05, 0.1) is 5.57 Å². The number of amides is 2. The Bertz CT molecular complexity index is 1220. The van der Waals surface area contributed by atoms with E-state index < -0.39 is 0 Å². The van der Waals surface area contributed by atoms with Crippen molar-refractivity contribution in [2.45, 2.75) is 20.8 Å². The number of hydrogen-bond acceptors (Lipinski definition) is 3. The van der Waals surface area contributed by atoms with Gasteiger partial charge in [-0.3, -0.25) is 9.59 Å². The van der Waals surface area contributed by atoms with Crippen LogP contribution in [0.1, 0.15) is 41.2 Å². The van der Waals surface area contributed by atoms with Crippen LogP contribution in [0.15, 0.2) is 54.6 Å². The number of nitrogens with one attached hydrogen (secondary N) is 2. The van der Waals surface area contributed by atoms with Gasteiger partial charge in [0.15, 0.2) is 0 Å². The summed E-state index contributed by atoms with van der Waals surface area (Å²) in [6, 6.07) is 18.0. The first kappa shape index (κ1) is 23.5. The number of fused-ring (bicyclic) bond motifs is 1. The SMILES string of the molecule is CCN(CC)CCN(C)C(=O)c1cc(C)c(/C=C2\C(=O)Nc3cc(-c4ccccc4)ccc32)[nH]1. The summed E-state index contributed by atoms with van der Waals surface area (Å²) in [5.41, 5.74) is 6.64. The Morgan fingerprint density at radius 3 is 2.41 bits per heavy atom. The lowest BCUT2D eigenvalue weighted by Crippen LogP contribution is -2.36. The van der Waals surface area contributed by atoms with Crippen LogP contribution in [0, 0.1) is 6.92 Å². The molecule has 0 saturated carbocycles. The molecule has 4 rings (SSSR count). The van der Waals surface area contributed by atoms with E-state index in [0.29, 0.717) is 17.8 Å². The molecule has 0 bridgehead atoms. The van der Waals surface area contributed by atoms with E-state index in [2.05, 4.69) is 41.2 Å². The molecule has 176 valence electrons. The van der Waals surface area contributed by atoms with Crippen LogP contribution in [0.5, 0.6) is 0 Å². The monoisotopic (exact) mass is 456 g/mol. The number of anilines is 1. The topological polar surface area (TPSA) is 68.4 Å². The predicted molar refractivity (Wildman–Crippen MR) is 139 cm³/mol. The number of benzene rings is 2. The van der Waals surface area contributed by atoms with Gasteiger partial charge in [0, 0.05) is 37.1 Å².